The minimum atomic E-state index is 0.0177. The number of benzene rings is 1. The Balaban J connectivity index is 1.50. The van der Waals surface area contributed by atoms with E-state index >= 15 is 0 Å². The van der Waals surface area contributed by atoms with E-state index < -0.39 is 0 Å². The molecule has 4 rings (SSSR count). The van der Waals surface area contributed by atoms with Crippen LogP contribution in [0.3, 0.4) is 0 Å². The summed E-state index contributed by atoms with van der Waals surface area (Å²) < 4.78 is 16.8. The molecule has 1 aromatic carbocycles. The summed E-state index contributed by atoms with van der Waals surface area (Å²) in [6, 6.07) is 6.38. The Hall–Kier alpha value is -1.60. The number of hydrogen-bond acceptors (Lipinski definition) is 5. The lowest BCUT2D eigenvalue weighted by molar-refractivity contribution is 0.0511. The van der Waals surface area contributed by atoms with Crippen molar-refractivity contribution in [3.63, 3.8) is 0 Å². The Morgan fingerprint density at radius 2 is 2.11 bits per heavy atom. The minimum Gasteiger partial charge on any atom is -0.454 e. The molecule has 0 amide bonds. The fourth-order valence-electron chi connectivity index (χ4n) is 4.30. The fourth-order valence-corrected chi connectivity index (χ4v) is 5.48. The Kier molecular flexibility index (Phi) is 6.21. The molecule has 0 aromatic heterocycles. The second-order valence-electron chi connectivity index (χ2n) is 7.71. The molecule has 3 aliphatic heterocycles. The third-order valence-corrected chi connectivity index (χ3v) is 7.50. The van der Waals surface area contributed by atoms with E-state index in [1.807, 2.05) is 13.1 Å². The predicted octanol–water partition coefficient (Wildman–Crippen LogP) is 2.87. The van der Waals surface area contributed by atoms with Gasteiger partial charge in [0.15, 0.2) is 17.5 Å². The Morgan fingerprint density at radius 3 is 2.89 bits per heavy atom. The van der Waals surface area contributed by atoms with Crippen LogP contribution < -0.4 is 14.8 Å². The lowest BCUT2D eigenvalue weighted by Gasteiger charge is -2.40. The first-order valence-corrected chi connectivity index (χ1v) is 11.3. The highest BCUT2D eigenvalue weighted by molar-refractivity contribution is 8.00. The van der Waals surface area contributed by atoms with Gasteiger partial charge in [-0.25, -0.2) is 0 Å². The van der Waals surface area contributed by atoms with E-state index in [4.69, 9.17) is 14.2 Å². The molecular formula is C21H31N3O3S. The summed E-state index contributed by atoms with van der Waals surface area (Å²) in [5.41, 5.74) is 1.31. The van der Waals surface area contributed by atoms with Gasteiger partial charge >= 0.3 is 0 Å². The lowest BCUT2D eigenvalue weighted by atomic mass is 9.74. The van der Waals surface area contributed by atoms with E-state index in [9.17, 15) is 0 Å². The number of nitrogens with one attached hydrogen (secondary N) is 1. The highest BCUT2D eigenvalue weighted by Gasteiger charge is 2.36. The molecule has 2 fully saturated rings. The van der Waals surface area contributed by atoms with Gasteiger partial charge < -0.3 is 24.4 Å². The van der Waals surface area contributed by atoms with Gasteiger partial charge in [0.1, 0.15) is 0 Å². The molecule has 6 nitrogen and oxygen atoms in total. The zero-order valence-electron chi connectivity index (χ0n) is 16.9. The molecule has 1 unspecified atom stereocenters. The molecule has 3 heterocycles. The number of thioether (sulfide) groups is 1. The van der Waals surface area contributed by atoms with Crippen LogP contribution in [0.4, 0.5) is 0 Å². The van der Waals surface area contributed by atoms with Crippen molar-refractivity contribution in [1.29, 1.82) is 0 Å². The maximum Gasteiger partial charge on any atom is 0.231 e. The molecule has 28 heavy (non-hydrogen) atoms. The van der Waals surface area contributed by atoms with Crippen molar-refractivity contribution in [2.24, 2.45) is 4.99 Å². The fraction of sp³-hybridized carbons (Fsp3) is 0.667. The second-order valence-corrected chi connectivity index (χ2v) is 9.12. The van der Waals surface area contributed by atoms with Crippen molar-refractivity contribution >= 4 is 17.7 Å². The van der Waals surface area contributed by atoms with Gasteiger partial charge in [-0.05, 0) is 37.0 Å². The van der Waals surface area contributed by atoms with Crippen LogP contribution in [0.25, 0.3) is 0 Å². The molecule has 7 heteroatoms. The molecule has 154 valence electrons. The van der Waals surface area contributed by atoms with Crippen molar-refractivity contribution in [2.75, 3.05) is 52.4 Å². The smallest absolute Gasteiger partial charge is 0.231 e. The maximum atomic E-state index is 5.69. The van der Waals surface area contributed by atoms with Gasteiger partial charge in [-0.2, -0.15) is 11.8 Å². The van der Waals surface area contributed by atoms with E-state index in [1.54, 1.807) is 0 Å². The highest BCUT2D eigenvalue weighted by atomic mass is 32.2. The molecule has 3 aliphatic rings. The molecule has 0 saturated carbocycles. The van der Waals surface area contributed by atoms with Crippen LogP contribution in [0.15, 0.2) is 23.2 Å². The average Bonchev–Trinajstić information content (AvgIpc) is 3.23. The summed E-state index contributed by atoms with van der Waals surface area (Å²) in [5, 5.41) is 4.39. The van der Waals surface area contributed by atoms with E-state index in [-0.39, 0.29) is 5.41 Å². The SMILES string of the molecule is CCC1CN(C(=NC)NCC2(c3ccc4c(c3)OCO4)CCOCC2)CCS1. The second kappa shape index (κ2) is 8.82. The van der Waals surface area contributed by atoms with Gasteiger partial charge in [-0.1, -0.05) is 13.0 Å². The summed E-state index contributed by atoms with van der Waals surface area (Å²) in [7, 11) is 1.89. The molecular weight excluding hydrogens is 374 g/mol. The number of aliphatic imine (C=N–C) groups is 1. The summed E-state index contributed by atoms with van der Waals surface area (Å²) in [5.74, 6) is 3.88. The largest absolute Gasteiger partial charge is 0.454 e. The van der Waals surface area contributed by atoms with Crippen LogP contribution in [0.1, 0.15) is 31.7 Å². The van der Waals surface area contributed by atoms with Crippen LogP contribution in [0.5, 0.6) is 11.5 Å². The zero-order chi connectivity index (χ0) is 19.4. The van der Waals surface area contributed by atoms with Gasteiger partial charge in [-0.3, -0.25) is 4.99 Å². The van der Waals surface area contributed by atoms with E-state index in [2.05, 4.69) is 46.0 Å². The first kappa shape index (κ1) is 19.7. The van der Waals surface area contributed by atoms with Gasteiger partial charge in [-0.15, -0.1) is 0 Å². The van der Waals surface area contributed by atoms with Crippen LogP contribution >= 0.6 is 11.8 Å². The lowest BCUT2D eigenvalue weighted by Crippen LogP contribution is -2.52. The van der Waals surface area contributed by atoms with Crippen LogP contribution in [-0.2, 0) is 10.2 Å². The predicted molar refractivity (Wildman–Crippen MR) is 114 cm³/mol. The van der Waals surface area contributed by atoms with Crippen molar-refractivity contribution in [1.82, 2.24) is 10.2 Å². The molecule has 0 spiro atoms. The van der Waals surface area contributed by atoms with Crippen LogP contribution in [-0.4, -0.2) is 68.6 Å². The molecule has 2 saturated heterocycles. The van der Waals surface area contributed by atoms with E-state index in [0.717, 1.165) is 63.1 Å². The zero-order valence-corrected chi connectivity index (χ0v) is 17.7. The van der Waals surface area contributed by atoms with Gasteiger partial charge in [0.25, 0.3) is 0 Å². The Morgan fingerprint density at radius 1 is 1.29 bits per heavy atom. The monoisotopic (exact) mass is 405 g/mol. The molecule has 1 atom stereocenters. The first-order chi connectivity index (χ1) is 13.7. The maximum absolute atomic E-state index is 5.69. The summed E-state index contributed by atoms with van der Waals surface area (Å²) in [6.07, 6.45) is 3.19. The van der Waals surface area contributed by atoms with Crippen molar-refractivity contribution < 1.29 is 14.2 Å². The third kappa shape index (κ3) is 4.06. The number of nitrogens with zero attached hydrogens (tertiary/aromatic N) is 2. The molecule has 0 aliphatic carbocycles. The quantitative estimate of drug-likeness (QED) is 0.614. The number of rotatable bonds is 4. The van der Waals surface area contributed by atoms with Gasteiger partial charge in [0.2, 0.25) is 6.79 Å². The number of guanidine groups is 1. The third-order valence-electron chi connectivity index (χ3n) is 6.13. The number of ether oxygens (including phenoxy) is 3. The number of fused-ring (bicyclic) bond motifs is 1. The summed E-state index contributed by atoms with van der Waals surface area (Å²) >= 11 is 2.08. The first-order valence-electron chi connectivity index (χ1n) is 10.3. The van der Waals surface area contributed by atoms with E-state index in [1.165, 1.54) is 17.7 Å². The van der Waals surface area contributed by atoms with Crippen LogP contribution in [0.2, 0.25) is 0 Å². The normalized spacial score (nSPS) is 24.3. The van der Waals surface area contributed by atoms with Crippen LogP contribution in [0, 0.1) is 0 Å². The summed E-state index contributed by atoms with van der Waals surface area (Å²) in [6.45, 7) is 7.13. The van der Waals surface area contributed by atoms with Crippen molar-refractivity contribution in [3.05, 3.63) is 23.8 Å². The topological polar surface area (TPSA) is 55.3 Å². The van der Waals surface area contributed by atoms with Gasteiger partial charge in [0.05, 0.1) is 0 Å². The Labute approximate surface area is 172 Å². The average molecular weight is 406 g/mol. The van der Waals surface area contributed by atoms with E-state index in [0.29, 0.717) is 12.0 Å². The van der Waals surface area contributed by atoms with Gasteiger partial charge in [0, 0.05) is 56.3 Å². The Bertz CT molecular complexity index is 706. The highest BCUT2D eigenvalue weighted by Crippen LogP contribution is 2.40. The molecule has 0 radical (unpaired) electrons. The number of hydrogen-bond donors (Lipinski definition) is 1. The summed E-state index contributed by atoms with van der Waals surface area (Å²) in [4.78, 5) is 7.01. The molecule has 0 bridgehead atoms. The van der Waals surface area contributed by atoms with Crippen molar-refractivity contribution in [2.45, 2.75) is 36.9 Å². The van der Waals surface area contributed by atoms with Crippen molar-refractivity contribution in [3.8, 4) is 11.5 Å². The minimum absolute atomic E-state index is 0.0177. The molecule has 1 aromatic rings. The standard InChI is InChI=1S/C21H31N3O3S/c1-3-17-13-24(8-11-28-17)20(22-2)23-14-21(6-9-25-10-7-21)16-4-5-18-19(12-16)27-15-26-18/h4-5,12,17H,3,6-11,13-15H2,1-2H3,(H,22,23). The molecule has 1 N–H and O–H groups in total.